The first kappa shape index (κ1) is 22.2. The van der Waals surface area contributed by atoms with Crippen LogP contribution >= 0.6 is 0 Å². The van der Waals surface area contributed by atoms with Gasteiger partial charge in [-0.1, -0.05) is 18.2 Å². The van der Waals surface area contributed by atoms with E-state index in [1.54, 1.807) is 45.0 Å². The summed E-state index contributed by atoms with van der Waals surface area (Å²) in [5.41, 5.74) is 4.91. The average molecular weight is 420 g/mol. The third-order valence-corrected chi connectivity index (χ3v) is 5.18. The second kappa shape index (κ2) is 9.42. The largest absolute Gasteiger partial charge is 0.504 e. The Hall–Kier alpha value is -3.07. The molecule has 2 N–H and O–H groups in total. The molecule has 0 saturated carbocycles. The third kappa shape index (κ3) is 5.95. The van der Waals surface area contributed by atoms with Gasteiger partial charge in [0.2, 0.25) is 10.0 Å². The molecule has 9 heteroatoms. The molecule has 0 spiro atoms. The Morgan fingerprint density at radius 1 is 1.24 bits per heavy atom. The number of carbonyl (C=O) groups is 1. The number of hydrazone groups is 1. The number of ether oxygens (including phenoxy) is 1. The highest BCUT2D eigenvalue weighted by Gasteiger charge is 2.23. The second-order valence-corrected chi connectivity index (χ2v) is 8.37. The molecule has 0 aliphatic carbocycles. The van der Waals surface area contributed by atoms with Gasteiger partial charge in [-0.2, -0.15) is 5.10 Å². The zero-order valence-corrected chi connectivity index (χ0v) is 17.7. The number of rotatable bonds is 8. The Kier molecular flexibility index (Phi) is 7.22. The molecule has 0 atom stereocenters. The van der Waals surface area contributed by atoms with E-state index in [0.717, 1.165) is 21.7 Å². The summed E-state index contributed by atoms with van der Waals surface area (Å²) >= 11 is 0. The van der Waals surface area contributed by atoms with E-state index in [9.17, 15) is 18.3 Å². The van der Waals surface area contributed by atoms with Crippen LogP contribution in [0, 0.1) is 13.8 Å². The van der Waals surface area contributed by atoms with Gasteiger partial charge in [0, 0.05) is 0 Å². The first-order chi connectivity index (χ1) is 13.6. The lowest BCUT2D eigenvalue weighted by Crippen LogP contribution is -2.39. The van der Waals surface area contributed by atoms with Crippen molar-refractivity contribution in [1.29, 1.82) is 0 Å². The van der Waals surface area contributed by atoms with Crippen LogP contribution in [0.3, 0.4) is 0 Å². The normalized spacial score (nSPS) is 11.4. The Labute approximate surface area is 170 Å². The van der Waals surface area contributed by atoms with Gasteiger partial charge in [0.1, 0.15) is 6.54 Å². The van der Waals surface area contributed by atoms with E-state index in [0.29, 0.717) is 23.6 Å². The van der Waals surface area contributed by atoms with Crippen LogP contribution < -0.4 is 14.5 Å². The Balaban J connectivity index is 2.14. The lowest BCUT2D eigenvalue weighted by molar-refractivity contribution is -0.119. The van der Waals surface area contributed by atoms with Crippen molar-refractivity contribution in [3.63, 3.8) is 0 Å². The molecular weight excluding hydrogens is 394 g/mol. The maximum atomic E-state index is 12.3. The van der Waals surface area contributed by atoms with E-state index < -0.39 is 22.5 Å². The van der Waals surface area contributed by atoms with Crippen molar-refractivity contribution < 1.29 is 23.1 Å². The average Bonchev–Trinajstić information content (AvgIpc) is 2.62. The second-order valence-electron chi connectivity index (χ2n) is 6.46. The summed E-state index contributed by atoms with van der Waals surface area (Å²) in [6.07, 6.45) is 2.44. The highest BCUT2D eigenvalue weighted by Crippen LogP contribution is 2.27. The number of nitrogens with zero attached hydrogens (tertiary/aromatic N) is 2. The number of para-hydroxylation sites is 1. The molecule has 0 aliphatic rings. The van der Waals surface area contributed by atoms with Crippen molar-refractivity contribution in [3.8, 4) is 11.5 Å². The summed E-state index contributed by atoms with van der Waals surface area (Å²) in [4.78, 5) is 12.3. The summed E-state index contributed by atoms with van der Waals surface area (Å²) in [6.45, 7) is 5.37. The third-order valence-electron chi connectivity index (χ3n) is 4.06. The van der Waals surface area contributed by atoms with Gasteiger partial charge in [-0.3, -0.25) is 9.10 Å². The molecule has 0 bridgehead atoms. The van der Waals surface area contributed by atoms with E-state index in [1.165, 1.54) is 12.3 Å². The minimum atomic E-state index is -3.68. The number of aryl methyl sites for hydroxylation is 2. The molecule has 0 saturated heterocycles. The Morgan fingerprint density at radius 3 is 2.48 bits per heavy atom. The lowest BCUT2D eigenvalue weighted by atomic mass is 10.1. The van der Waals surface area contributed by atoms with Gasteiger partial charge in [0.25, 0.3) is 5.91 Å². The number of benzene rings is 2. The number of anilines is 1. The minimum Gasteiger partial charge on any atom is -0.504 e. The number of nitrogens with one attached hydrogen (secondary N) is 1. The number of carbonyl (C=O) groups excluding carboxylic acids is 1. The predicted octanol–water partition coefficient (Wildman–Crippen LogP) is 2.32. The van der Waals surface area contributed by atoms with Gasteiger partial charge >= 0.3 is 0 Å². The van der Waals surface area contributed by atoms with Gasteiger partial charge in [-0.15, -0.1) is 0 Å². The summed E-state index contributed by atoms with van der Waals surface area (Å²) in [5.74, 6) is -0.273. The first-order valence-corrected chi connectivity index (χ1v) is 10.8. The molecule has 0 aromatic heterocycles. The fourth-order valence-electron chi connectivity index (χ4n) is 2.79. The summed E-state index contributed by atoms with van der Waals surface area (Å²) < 4.78 is 30.9. The molecule has 8 nitrogen and oxygen atoms in total. The molecule has 29 heavy (non-hydrogen) atoms. The molecule has 156 valence electrons. The molecule has 0 heterocycles. The maximum absolute atomic E-state index is 12.3. The molecule has 2 aromatic rings. The van der Waals surface area contributed by atoms with E-state index >= 15 is 0 Å². The van der Waals surface area contributed by atoms with Crippen molar-refractivity contribution in [3.05, 3.63) is 53.1 Å². The Bertz CT molecular complexity index is 999. The molecule has 2 aromatic carbocycles. The number of phenols is 1. The van der Waals surface area contributed by atoms with Gasteiger partial charge in [-0.05, 0) is 55.7 Å². The van der Waals surface area contributed by atoms with Crippen molar-refractivity contribution in [2.45, 2.75) is 20.8 Å². The summed E-state index contributed by atoms with van der Waals surface area (Å²) in [7, 11) is -3.68. The fourth-order valence-corrected chi connectivity index (χ4v) is 3.76. The number of phenolic OH excluding ortho intramolecular Hbond substituents is 1. The number of hydrogen-bond acceptors (Lipinski definition) is 6. The van der Waals surface area contributed by atoms with Crippen LogP contribution in [0.2, 0.25) is 0 Å². The zero-order chi connectivity index (χ0) is 21.6. The van der Waals surface area contributed by atoms with Crippen molar-refractivity contribution >= 4 is 27.8 Å². The van der Waals surface area contributed by atoms with Crippen LogP contribution in [0.25, 0.3) is 0 Å². The summed E-state index contributed by atoms with van der Waals surface area (Å²) in [5, 5.41) is 13.6. The van der Waals surface area contributed by atoms with Crippen LogP contribution in [-0.4, -0.2) is 45.1 Å². The van der Waals surface area contributed by atoms with Gasteiger partial charge < -0.3 is 9.84 Å². The maximum Gasteiger partial charge on any atom is 0.260 e. The van der Waals surface area contributed by atoms with Crippen molar-refractivity contribution in [2.24, 2.45) is 5.10 Å². The molecule has 0 radical (unpaired) electrons. The molecule has 2 rings (SSSR count). The zero-order valence-electron chi connectivity index (χ0n) is 16.8. The van der Waals surface area contributed by atoms with E-state index in [1.807, 2.05) is 6.07 Å². The van der Waals surface area contributed by atoms with E-state index in [2.05, 4.69) is 10.5 Å². The quantitative estimate of drug-likeness (QED) is 0.504. The SMILES string of the molecule is CCOc1cc(/C=N\NC(=O)CN(c2c(C)cccc2C)S(C)(=O)=O)ccc1O. The monoisotopic (exact) mass is 419 g/mol. The van der Waals surface area contributed by atoms with Gasteiger partial charge in [0.05, 0.1) is 24.8 Å². The van der Waals surface area contributed by atoms with Crippen LogP contribution in [0.1, 0.15) is 23.6 Å². The number of hydrogen-bond donors (Lipinski definition) is 2. The van der Waals surface area contributed by atoms with Crippen molar-refractivity contribution in [2.75, 3.05) is 23.7 Å². The number of sulfonamides is 1. The number of aromatic hydroxyl groups is 1. The predicted molar refractivity (Wildman–Crippen MR) is 113 cm³/mol. The van der Waals surface area contributed by atoms with Crippen LogP contribution in [0.4, 0.5) is 5.69 Å². The lowest BCUT2D eigenvalue weighted by Gasteiger charge is -2.25. The van der Waals surface area contributed by atoms with Gasteiger partial charge in [-0.25, -0.2) is 13.8 Å². The van der Waals surface area contributed by atoms with Gasteiger partial charge in [0.15, 0.2) is 11.5 Å². The fraction of sp³-hybridized carbons (Fsp3) is 0.300. The molecule has 0 aliphatic heterocycles. The topological polar surface area (TPSA) is 108 Å². The molecule has 0 unspecified atom stereocenters. The molecule has 0 fully saturated rings. The van der Waals surface area contributed by atoms with Crippen LogP contribution in [0.15, 0.2) is 41.5 Å². The van der Waals surface area contributed by atoms with Crippen LogP contribution in [0.5, 0.6) is 11.5 Å². The van der Waals surface area contributed by atoms with E-state index in [4.69, 9.17) is 4.74 Å². The smallest absolute Gasteiger partial charge is 0.260 e. The number of amides is 1. The first-order valence-electron chi connectivity index (χ1n) is 8.95. The summed E-state index contributed by atoms with van der Waals surface area (Å²) in [6, 6.07) is 10.0. The Morgan fingerprint density at radius 2 is 1.90 bits per heavy atom. The molecule has 1 amide bonds. The molecular formula is C20H25N3O5S. The highest BCUT2D eigenvalue weighted by molar-refractivity contribution is 7.92. The highest BCUT2D eigenvalue weighted by atomic mass is 32.2. The minimum absolute atomic E-state index is 0.00503. The van der Waals surface area contributed by atoms with Crippen molar-refractivity contribution in [1.82, 2.24) is 5.43 Å². The van der Waals surface area contributed by atoms with E-state index in [-0.39, 0.29) is 5.75 Å². The standard InChI is InChI=1S/C20H25N3O5S/c1-5-28-18-11-16(9-10-17(18)24)12-21-22-19(25)13-23(29(4,26)27)20-14(2)7-6-8-15(20)3/h6-12,24H,5,13H2,1-4H3,(H,22,25)/b21-12-. The van der Waals surface area contributed by atoms with Crippen LogP contribution in [-0.2, 0) is 14.8 Å².